The summed E-state index contributed by atoms with van der Waals surface area (Å²) in [5, 5.41) is 3.37. The molecule has 16 nitrogen and oxygen atoms in total. The van der Waals surface area contributed by atoms with Crippen LogP contribution in [-0.4, -0.2) is 91.2 Å². The summed E-state index contributed by atoms with van der Waals surface area (Å²) in [6.07, 6.45) is 1.88. The van der Waals surface area contributed by atoms with Gasteiger partial charge in [0.05, 0.1) is 43.2 Å². The van der Waals surface area contributed by atoms with Crippen molar-refractivity contribution in [2.45, 2.75) is 18.2 Å². The molecule has 2 aromatic carbocycles. The van der Waals surface area contributed by atoms with Gasteiger partial charge in [-0.2, -0.15) is 0 Å². The zero-order valence-electron chi connectivity index (χ0n) is 25.4. The van der Waals surface area contributed by atoms with Gasteiger partial charge in [0.15, 0.2) is 16.9 Å². The molecule has 2 heterocycles. The van der Waals surface area contributed by atoms with Crippen LogP contribution in [0.2, 0.25) is 5.02 Å². The molecule has 0 aliphatic carbocycles. The van der Waals surface area contributed by atoms with Crippen molar-refractivity contribution in [1.82, 2.24) is 14.9 Å². The molecule has 0 saturated carbocycles. The van der Waals surface area contributed by atoms with Gasteiger partial charge in [-0.3, -0.25) is 23.6 Å². The molecular formula is C29H34ClN5O11P2. The molecule has 1 aliphatic heterocycles. The zero-order chi connectivity index (χ0) is 34.9. The van der Waals surface area contributed by atoms with Crippen LogP contribution >= 0.6 is 26.8 Å². The lowest BCUT2D eigenvalue weighted by atomic mass is 10.1. The molecule has 1 saturated heterocycles. The fourth-order valence-corrected chi connectivity index (χ4v) is 7.06. The molecule has 19 heteroatoms. The van der Waals surface area contributed by atoms with E-state index in [2.05, 4.69) is 32.1 Å². The lowest BCUT2D eigenvalue weighted by Crippen LogP contribution is -2.37. The number of ether oxygens (including phenoxy) is 3. The standard InChI is InChI=1S/C29H34ClN5O11P2/c1-2-25(36)32-20-6-3-5-19(15-20)28-22(30)18-31-29(34-28)33-21-7-8-23(46-26(37)17-27(47(38,39)40)48(41,42)43)24(16-21)45-12-4-9-35-10-13-44-14-11-35/h2-3,5-8,15-16,18,27H,1,4,9-14,17H2,(H,32,36)(H,31,33,34)(H2,38,39,40)(H2,41,42,43). The number of rotatable bonds is 15. The van der Waals surface area contributed by atoms with Crippen molar-refractivity contribution in [3.8, 4) is 22.8 Å². The molecule has 3 aromatic rings. The van der Waals surface area contributed by atoms with Crippen LogP contribution in [0.25, 0.3) is 11.3 Å². The Morgan fingerprint density at radius 2 is 1.79 bits per heavy atom. The number of hydrogen-bond donors (Lipinski definition) is 6. The third-order valence-corrected chi connectivity index (χ3v) is 10.9. The van der Waals surface area contributed by atoms with Crippen LogP contribution in [0.3, 0.4) is 0 Å². The van der Waals surface area contributed by atoms with Crippen molar-refractivity contribution >= 4 is 56.0 Å². The predicted octanol–water partition coefficient (Wildman–Crippen LogP) is 3.74. The van der Waals surface area contributed by atoms with E-state index in [4.69, 9.17) is 25.8 Å². The largest absolute Gasteiger partial charge is 0.490 e. The van der Waals surface area contributed by atoms with Crippen molar-refractivity contribution in [2.24, 2.45) is 0 Å². The second-order valence-electron chi connectivity index (χ2n) is 10.4. The van der Waals surface area contributed by atoms with Crippen LogP contribution in [0.1, 0.15) is 12.8 Å². The number of carbonyl (C=O) groups excluding carboxylic acids is 2. The molecule has 0 radical (unpaired) electrons. The second-order valence-corrected chi connectivity index (χ2v) is 14.9. The zero-order valence-corrected chi connectivity index (χ0v) is 27.9. The first-order valence-electron chi connectivity index (χ1n) is 14.4. The quantitative estimate of drug-likeness (QED) is 0.0431. The first-order chi connectivity index (χ1) is 22.7. The molecule has 258 valence electrons. The average molecular weight is 726 g/mol. The topological polar surface area (TPSA) is 230 Å². The molecule has 1 aliphatic rings. The van der Waals surface area contributed by atoms with E-state index in [1.54, 1.807) is 24.3 Å². The molecule has 0 atom stereocenters. The van der Waals surface area contributed by atoms with Crippen molar-refractivity contribution in [2.75, 3.05) is 50.1 Å². The van der Waals surface area contributed by atoms with Gasteiger partial charge in [-0.05, 0) is 36.8 Å². The maximum atomic E-state index is 12.6. The minimum Gasteiger partial charge on any atom is -0.490 e. The number of nitrogens with one attached hydrogen (secondary N) is 2. The number of halogens is 1. The molecule has 1 aromatic heterocycles. The highest BCUT2D eigenvalue weighted by molar-refractivity contribution is 7.70. The summed E-state index contributed by atoms with van der Waals surface area (Å²) in [6, 6.07) is 11.1. The molecule has 0 bridgehead atoms. The molecule has 0 spiro atoms. The first-order valence-corrected chi connectivity index (χ1v) is 18.2. The summed E-state index contributed by atoms with van der Waals surface area (Å²) in [6.45, 7) is 7.16. The Balaban J connectivity index is 1.55. The average Bonchev–Trinajstić information content (AvgIpc) is 3.03. The Morgan fingerprint density at radius 3 is 2.48 bits per heavy atom. The third kappa shape index (κ3) is 10.9. The van der Waals surface area contributed by atoms with Crippen molar-refractivity contribution in [3.63, 3.8) is 0 Å². The van der Waals surface area contributed by atoms with Crippen LogP contribution in [0, 0.1) is 0 Å². The number of esters is 1. The number of amides is 1. The van der Waals surface area contributed by atoms with E-state index in [9.17, 15) is 38.3 Å². The molecular weight excluding hydrogens is 692 g/mol. The maximum absolute atomic E-state index is 12.6. The van der Waals surface area contributed by atoms with Gasteiger partial charge >= 0.3 is 21.2 Å². The summed E-state index contributed by atoms with van der Waals surface area (Å²) in [7, 11) is -10.7. The van der Waals surface area contributed by atoms with Gasteiger partial charge in [-0.1, -0.05) is 30.3 Å². The van der Waals surface area contributed by atoms with E-state index < -0.39 is 33.0 Å². The summed E-state index contributed by atoms with van der Waals surface area (Å²) < 4.78 is 39.9. The van der Waals surface area contributed by atoms with Gasteiger partial charge in [0.25, 0.3) is 0 Å². The van der Waals surface area contributed by atoms with E-state index in [0.717, 1.165) is 19.2 Å². The number of aromatic nitrogens is 2. The van der Waals surface area contributed by atoms with Gasteiger partial charge in [0, 0.05) is 42.6 Å². The van der Waals surface area contributed by atoms with E-state index in [1.807, 2.05) is 0 Å². The highest BCUT2D eigenvalue weighted by Crippen LogP contribution is 2.61. The summed E-state index contributed by atoms with van der Waals surface area (Å²) >= 11 is 6.40. The van der Waals surface area contributed by atoms with Crippen LogP contribution in [-0.2, 0) is 23.5 Å². The summed E-state index contributed by atoms with van der Waals surface area (Å²) in [4.78, 5) is 72.9. The number of anilines is 3. The molecule has 6 N–H and O–H groups in total. The highest BCUT2D eigenvalue weighted by Gasteiger charge is 2.45. The van der Waals surface area contributed by atoms with Gasteiger partial charge in [-0.25, -0.2) is 9.97 Å². The molecule has 1 fully saturated rings. The Kier molecular flexibility index (Phi) is 12.9. The Morgan fingerprint density at radius 1 is 1.06 bits per heavy atom. The highest BCUT2D eigenvalue weighted by atomic mass is 35.5. The fraction of sp³-hybridized carbons (Fsp3) is 0.310. The Hall–Kier alpha value is -3.69. The van der Waals surface area contributed by atoms with Crippen LogP contribution < -0.4 is 20.1 Å². The predicted molar refractivity (Wildman–Crippen MR) is 177 cm³/mol. The minimum atomic E-state index is -5.36. The minimum absolute atomic E-state index is 0.0547. The van der Waals surface area contributed by atoms with E-state index in [0.29, 0.717) is 48.8 Å². The summed E-state index contributed by atoms with van der Waals surface area (Å²) in [5.41, 5.74) is 1.83. The number of morpholine rings is 1. The van der Waals surface area contributed by atoms with E-state index in [-0.39, 0.29) is 35.0 Å². The number of nitrogens with zero attached hydrogens (tertiary/aromatic N) is 3. The fourth-order valence-electron chi connectivity index (χ4n) is 4.52. The lowest BCUT2D eigenvalue weighted by molar-refractivity contribution is -0.134. The van der Waals surface area contributed by atoms with Gasteiger partial charge < -0.3 is 44.4 Å². The van der Waals surface area contributed by atoms with Gasteiger partial charge in [-0.15, -0.1) is 0 Å². The third-order valence-electron chi connectivity index (χ3n) is 6.86. The SMILES string of the molecule is C=CC(=O)Nc1cccc(-c2nc(Nc3ccc(OC(=O)CC(P(=O)(O)O)P(=O)(O)O)c(OCCCN4CCOCC4)c3)ncc2Cl)c1. The van der Waals surface area contributed by atoms with Gasteiger partial charge in [0.2, 0.25) is 11.9 Å². The molecule has 0 unspecified atom stereocenters. The monoisotopic (exact) mass is 725 g/mol. The smallest absolute Gasteiger partial charge is 0.341 e. The molecule has 48 heavy (non-hydrogen) atoms. The van der Waals surface area contributed by atoms with E-state index >= 15 is 0 Å². The number of carbonyl (C=O) groups is 2. The van der Waals surface area contributed by atoms with Crippen molar-refractivity contribution in [3.05, 3.63) is 66.3 Å². The number of hydrogen-bond acceptors (Lipinski definition) is 11. The second kappa shape index (κ2) is 16.6. The Bertz CT molecular complexity index is 1710. The van der Waals surface area contributed by atoms with Crippen LogP contribution in [0.5, 0.6) is 11.5 Å². The van der Waals surface area contributed by atoms with Crippen molar-refractivity contribution in [1.29, 1.82) is 0 Å². The normalized spacial score (nSPS) is 14.0. The van der Waals surface area contributed by atoms with Crippen molar-refractivity contribution < 1.29 is 52.5 Å². The van der Waals surface area contributed by atoms with E-state index in [1.165, 1.54) is 24.4 Å². The number of benzene rings is 2. The maximum Gasteiger partial charge on any atom is 0.341 e. The van der Waals surface area contributed by atoms with Gasteiger partial charge in [0.1, 0.15) is 0 Å². The molecule has 1 amide bonds. The van der Waals surface area contributed by atoms with Crippen LogP contribution in [0.4, 0.5) is 17.3 Å². The summed E-state index contributed by atoms with van der Waals surface area (Å²) in [5.74, 6) is -1.64. The van der Waals surface area contributed by atoms with Crippen LogP contribution in [0.15, 0.2) is 61.3 Å². The lowest BCUT2D eigenvalue weighted by Gasteiger charge is -2.26. The first kappa shape index (κ1) is 37.1. The Labute approximate surface area is 280 Å². The molecule has 4 rings (SSSR count).